The first kappa shape index (κ1) is 16.7. The molecule has 0 aliphatic heterocycles. The molecule has 5 nitrogen and oxygen atoms in total. The molecule has 0 heterocycles. The highest BCUT2D eigenvalue weighted by Crippen LogP contribution is 2.36. The van der Waals surface area contributed by atoms with E-state index in [-0.39, 0.29) is 6.10 Å². The molecule has 0 bridgehead atoms. The Morgan fingerprint density at radius 3 is 2.70 bits per heavy atom. The zero-order valence-electron chi connectivity index (χ0n) is 11.9. The number of nitrogens with zero attached hydrogens (tertiary/aromatic N) is 1. The minimum atomic E-state index is 0.0642. The largest absolute Gasteiger partial charge is 0.493 e. The molecule has 7 heteroatoms. The van der Waals surface area contributed by atoms with Crippen LogP contribution in [0, 0.1) is 0 Å². The Labute approximate surface area is 132 Å². The third kappa shape index (κ3) is 4.97. The first-order valence-corrected chi connectivity index (χ1v) is 7.23. The molecular weight excluding hydrogens is 342 g/mol. The minimum Gasteiger partial charge on any atom is -0.493 e. The van der Waals surface area contributed by atoms with Crippen molar-refractivity contribution in [2.45, 2.75) is 20.0 Å². The van der Waals surface area contributed by atoms with Crippen LogP contribution in [-0.4, -0.2) is 31.6 Å². The third-order valence-electron chi connectivity index (χ3n) is 2.21. The number of benzene rings is 1. The Hall–Kier alpha value is -1.34. The number of thiocarbonyl (C=S) groups is 1. The van der Waals surface area contributed by atoms with Gasteiger partial charge in [0.25, 0.3) is 0 Å². The van der Waals surface area contributed by atoms with Gasteiger partial charge in [-0.05, 0) is 59.7 Å². The highest BCUT2D eigenvalue weighted by molar-refractivity contribution is 9.10. The fourth-order valence-electron chi connectivity index (χ4n) is 1.39. The van der Waals surface area contributed by atoms with E-state index in [4.69, 9.17) is 21.7 Å². The monoisotopic (exact) mass is 359 g/mol. The molecule has 0 aliphatic rings. The summed E-state index contributed by atoms with van der Waals surface area (Å²) in [6.45, 7) is 3.92. The lowest BCUT2D eigenvalue weighted by molar-refractivity contribution is 0.228. The Morgan fingerprint density at radius 1 is 1.45 bits per heavy atom. The molecule has 1 rings (SSSR count). The van der Waals surface area contributed by atoms with E-state index < -0.39 is 0 Å². The van der Waals surface area contributed by atoms with E-state index in [0.29, 0.717) is 16.6 Å². The molecule has 0 amide bonds. The van der Waals surface area contributed by atoms with Crippen molar-refractivity contribution in [3.63, 3.8) is 0 Å². The third-order valence-corrected chi connectivity index (χ3v) is 3.10. The van der Waals surface area contributed by atoms with Crippen LogP contribution in [0.1, 0.15) is 19.4 Å². The predicted molar refractivity (Wildman–Crippen MR) is 88.8 cm³/mol. The molecule has 0 atom stereocenters. The van der Waals surface area contributed by atoms with Crippen LogP contribution in [0.5, 0.6) is 11.5 Å². The lowest BCUT2D eigenvalue weighted by Gasteiger charge is -2.15. The van der Waals surface area contributed by atoms with Gasteiger partial charge in [0.2, 0.25) is 0 Å². The topological polar surface area (TPSA) is 54.9 Å². The lowest BCUT2D eigenvalue weighted by atomic mass is 10.2. The molecule has 0 saturated carbocycles. The summed E-state index contributed by atoms with van der Waals surface area (Å²) >= 11 is 8.40. The Kier molecular flexibility index (Phi) is 6.74. The summed E-state index contributed by atoms with van der Waals surface area (Å²) in [4.78, 5) is 0. The number of nitrogens with one attached hydrogen (secondary N) is 2. The number of ether oxygens (including phenoxy) is 2. The summed E-state index contributed by atoms with van der Waals surface area (Å²) in [7, 11) is 3.33. The first-order chi connectivity index (χ1) is 9.47. The Balaban J connectivity index is 2.95. The summed E-state index contributed by atoms with van der Waals surface area (Å²) in [5.41, 5.74) is 3.54. The smallest absolute Gasteiger partial charge is 0.186 e. The van der Waals surface area contributed by atoms with Crippen molar-refractivity contribution in [2.75, 3.05) is 14.2 Å². The van der Waals surface area contributed by atoms with Gasteiger partial charge in [-0.3, -0.25) is 5.43 Å². The number of methoxy groups -OCH3 is 1. The zero-order chi connectivity index (χ0) is 15.1. The van der Waals surface area contributed by atoms with Crippen LogP contribution in [0.25, 0.3) is 0 Å². The second-order valence-electron chi connectivity index (χ2n) is 4.15. The highest BCUT2D eigenvalue weighted by atomic mass is 79.9. The average molecular weight is 360 g/mol. The van der Waals surface area contributed by atoms with Crippen LogP contribution >= 0.6 is 28.1 Å². The number of halogens is 1. The predicted octanol–water partition coefficient (Wildman–Crippen LogP) is 2.67. The molecule has 1 aromatic rings. The quantitative estimate of drug-likeness (QED) is 0.480. The lowest BCUT2D eigenvalue weighted by Crippen LogP contribution is -2.28. The summed E-state index contributed by atoms with van der Waals surface area (Å²) in [5.74, 6) is 1.32. The molecule has 0 radical (unpaired) electrons. The van der Waals surface area contributed by atoms with Gasteiger partial charge in [0.05, 0.1) is 23.9 Å². The normalized spacial score (nSPS) is 10.7. The highest BCUT2D eigenvalue weighted by Gasteiger charge is 2.12. The van der Waals surface area contributed by atoms with Crippen molar-refractivity contribution in [3.05, 3.63) is 22.2 Å². The SMILES string of the molecule is CNC(=S)N/N=C/c1cc(Br)c(OC(C)C)c(OC)c1. The summed E-state index contributed by atoms with van der Waals surface area (Å²) in [6.07, 6.45) is 1.71. The maximum Gasteiger partial charge on any atom is 0.186 e. The number of rotatable bonds is 5. The Bertz CT molecular complexity index is 507. The molecule has 0 fully saturated rings. The molecule has 0 aliphatic carbocycles. The van der Waals surface area contributed by atoms with Gasteiger partial charge in [-0.1, -0.05) is 0 Å². The summed E-state index contributed by atoms with van der Waals surface area (Å²) in [6, 6.07) is 3.74. The van der Waals surface area contributed by atoms with Crippen molar-refractivity contribution < 1.29 is 9.47 Å². The molecule has 2 N–H and O–H groups in total. The van der Waals surface area contributed by atoms with Crippen molar-refractivity contribution in [1.82, 2.24) is 10.7 Å². The van der Waals surface area contributed by atoms with E-state index in [2.05, 4.69) is 31.8 Å². The van der Waals surface area contributed by atoms with Crippen LogP contribution in [0.4, 0.5) is 0 Å². The molecular formula is C13H18BrN3O2S. The molecule has 1 aromatic carbocycles. The van der Waals surface area contributed by atoms with Crippen LogP contribution in [0.15, 0.2) is 21.7 Å². The molecule has 0 aromatic heterocycles. The van der Waals surface area contributed by atoms with Gasteiger partial charge in [0.1, 0.15) is 0 Å². The minimum absolute atomic E-state index is 0.0642. The van der Waals surface area contributed by atoms with Crippen molar-refractivity contribution >= 4 is 39.5 Å². The second kappa shape index (κ2) is 8.06. The fraction of sp³-hybridized carbons (Fsp3) is 0.385. The second-order valence-corrected chi connectivity index (χ2v) is 5.41. The number of hydrogen-bond donors (Lipinski definition) is 2. The van der Waals surface area contributed by atoms with Gasteiger partial charge in [-0.15, -0.1) is 0 Å². The van der Waals surface area contributed by atoms with E-state index in [1.165, 1.54) is 0 Å². The summed E-state index contributed by atoms with van der Waals surface area (Å²) < 4.78 is 11.9. The molecule has 0 spiro atoms. The van der Waals surface area contributed by atoms with Crippen LogP contribution in [0.3, 0.4) is 0 Å². The van der Waals surface area contributed by atoms with E-state index in [1.807, 2.05) is 26.0 Å². The molecule has 0 saturated heterocycles. The number of hydrogen-bond acceptors (Lipinski definition) is 4. The molecule has 110 valence electrons. The van der Waals surface area contributed by atoms with Crippen molar-refractivity contribution in [2.24, 2.45) is 5.10 Å². The van der Waals surface area contributed by atoms with Gasteiger partial charge in [0.15, 0.2) is 16.6 Å². The van der Waals surface area contributed by atoms with Gasteiger partial charge >= 0.3 is 0 Å². The Morgan fingerprint density at radius 2 is 2.15 bits per heavy atom. The van der Waals surface area contributed by atoms with Crippen molar-refractivity contribution in [1.29, 1.82) is 0 Å². The van der Waals surface area contributed by atoms with E-state index >= 15 is 0 Å². The van der Waals surface area contributed by atoms with Crippen LogP contribution in [0.2, 0.25) is 0 Å². The van der Waals surface area contributed by atoms with Crippen molar-refractivity contribution in [3.8, 4) is 11.5 Å². The van der Waals surface area contributed by atoms with E-state index in [1.54, 1.807) is 20.4 Å². The van der Waals surface area contributed by atoms with Gasteiger partial charge in [-0.25, -0.2) is 0 Å². The first-order valence-electron chi connectivity index (χ1n) is 6.03. The average Bonchev–Trinajstić information content (AvgIpc) is 2.40. The number of hydrazone groups is 1. The fourth-order valence-corrected chi connectivity index (χ4v) is 1.99. The molecule has 0 unspecified atom stereocenters. The standard InChI is InChI=1S/C13H18BrN3O2S/c1-8(2)19-12-10(14)5-9(6-11(12)18-4)7-16-17-13(20)15-3/h5-8H,1-4H3,(H2,15,17,20)/b16-7+. The van der Waals surface area contributed by atoms with Crippen LogP contribution < -0.4 is 20.2 Å². The maximum atomic E-state index is 5.72. The van der Waals surface area contributed by atoms with Gasteiger partial charge in [0, 0.05) is 7.05 Å². The maximum absolute atomic E-state index is 5.72. The van der Waals surface area contributed by atoms with E-state index in [0.717, 1.165) is 10.0 Å². The zero-order valence-corrected chi connectivity index (χ0v) is 14.3. The van der Waals surface area contributed by atoms with Crippen LogP contribution in [-0.2, 0) is 0 Å². The van der Waals surface area contributed by atoms with Gasteiger partial charge < -0.3 is 14.8 Å². The van der Waals surface area contributed by atoms with Gasteiger partial charge in [-0.2, -0.15) is 5.10 Å². The van der Waals surface area contributed by atoms with E-state index in [9.17, 15) is 0 Å². The summed E-state index contributed by atoms with van der Waals surface area (Å²) in [5, 5.41) is 7.24. The molecule has 20 heavy (non-hydrogen) atoms.